The molecule has 0 aliphatic rings. The van der Waals surface area contributed by atoms with E-state index in [2.05, 4.69) is 24.1 Å². The largest absolute Gasteiger partial charge is 0.461 e. The second-order valence-corrected chi connectivity index (χ2v) is 6.12. The summed E-state index contributed by atoms with van der Waals surface area (Å²) in [4.78, 5) is 17.1. The second-order valence-electron chi connectivity index (χ2n) is 4.92. The smallest absolute Gasteiger partial charge is 0.358 e. The molecule has 0 radical (unpaired) electrons. The average molecular weight is 298 g/mol. The first-order valence-corrected chi connectivity index (χ1v) is 8.35. The monoisotopic (exact) mass is 298 g/mol. The lowest BCUT2D eigenvalue weighted by molar-refractivity contribution is 0.0519. The molecule has 0 saturated carbocycles. The molecule has 0 fully saturated rings. The summed E-state index contributed by atoms with van der Waals surface area (Å²) >= 11 is 1.53. The third-order valence-corrected chi connectivity index (χ3v) is 4.04. The molecule has 4 nitrogen and oxygen atoms in total. The fraction of sp³-hybridized carbons (Fsp3) is 0.733. The van der Waals surface area contributed by atoms with Crippen LogP contribution >= 0.6 is 11.3 Å². The molecule has 1 aromatic rings. The fourth-order valence-electron chi connectivity index (χ4n) is 2.11. The Kier molecular flexibility index (Phi) is 7.59. The molecule has 1 rings (SSSR count). The van der Waals surface area contributed by atoms with E-state index in [1.165, 1.54) is 24.2 Å². The molecule has 1 unspecified atom stereocenters. The first-order chi connectivity index (χ1) is 9.62. The van der Waals surface area contributed by atoms with Gasteiger partial charge in [-0.2, -0.15) is 0 Å². The van der Waals surface area contributed by atoms with Crippen molar-refractivity contribution >= 4 is 22.4 Å². The average Bonchev–Trinajstić information content (AvgIpc) is 2.77. The highest BCUT2D eigenvalue weighted by Gasteiger charge is 2.18. The van der Waals surface area contributed by atoms with Gasteiger partial charge < -0.3 is 10.1 Å². The number of thiazole rings is 1. The predicted molar refractivity (Wildman–Crippen MR) is 84.7 cm³/mol. The van der Waals surface area contributed by atoms with Crippen LogP contribution in [0.2, 0.25) is 0 Å². The SMILES string of the molecule is CCCCC(CCC)Nc1nc(C(=O)OCC)c(C)s1. The Labute approximate surface area is 125 Å². The number of anilines is 1. The fourth-order valence-corrected chi connectivity index (χ4v) is 2.99. The van der Waals surface area contributed by atoms with Gasteiger partial charge in [-0.25, -0.2) is 9.78 Å². The molecule has 1 N–H and O–H groups in total. The summed E-state index contributed by atoms with van der Waals surface area (Å²) in [7, 11) is 0. The first-order valence-electron chi connectivity index (χ1n) is 7.53. The summed E-state index contributed by atoms with van der Waals surface area (Å²) in [6, 6.07) is 0.445. The van der Waals surface area contributed by atoms with Crippen molar-refractivity contribution in [2.45, 2.75) is 65.8 Å². The van der Waals surface area contributed by atoms with Crippen molar-refractivity contribution < 1.29 is 9.53 Å². The number of hydrogen-bond donors (Lipinski definition) is 1. The molecule has 0 bridgehead atoms. The number of ether oxygens (including phenoxy) is 1. The highest BCUT2D eigenvalue weighted by atomic mass is 32.1. The zero-order chi connectivity index (χ0) is 15.0. The number of rotatable bonds is 9. The molecule has 20 heavy (non-hydrogen) atoms. The number of nitrogens with one attached hydrogen (secondary N) is 1. The van der Waals surface area contributed by atoms with Gasteiger partial charge in [0.25, 0.3) is 0 Å². The van der Waals surface area contributed by atoms with Gasteiger partial charge in [0.05, 0.1) is 6.61 Å². The molecule has 0 amide bonds. The quantitative estimate of drug-likeness (QED) is 0.687. The van der Waals surface area contributed by atoms with E-state index in [0.717, 1.165) is 29.3 Å². The van der Waals surface area contributed by atoms with Gasteiger partial charge in [-0.15, -0.1) is 11.3 Å². The second kappa shape index (κ2) is 8.95. The van der Waals surface area contributed by atoms with E-state index in [1.54, 1.807) is 6.92 Å². The molecule has 0 saturated heterocycles. The van der Waals surface area contributed by atoms with Crippen LogP contribution in [0.25, 0.3) is 0 Å². The number of carbonyl (C=O) groups excluding carboxylic acids is 1. The normalized spacial score (nSPS) is 12.2. The Morgan fingerprint density at radius 3 is 2.65 bits per heavy atom. The van der Waals surface area contributed by atoms with Crippen molar-refractivity contribution in [2.24, 2.45) is 0 Å². The van der Waals surface area contributed by atoms with Gasteiger partial charge in [0.1, 0.15) is 0 Å². The summed E-state index contributed by atoms with van der Waals surface area (Å²) < 4.78 is 5.02. The highest BCUT2D eigenvalue weighted by molar-refractivity contribution is 7.15. The highest BCUT2D eigenvalue weighted by Crippen LogP contribution is 2.25. The molecule has 0 aliphatic carbocycles. The minimum absolute atomic E-state index is 0.324. The number of esters is 1. The van der Waals surface area contributed by atoms with Gasteiger partial charge in [0.15, 0.2) is 10.8 Å². The van der Waals surface area contributed by atoms with Crippen molar-refractivity contribution in [2.75, 3.05) is 11.9 Å². The molecule has 5 heteroatoms. The van der Waals surface area contributed by atoms with E-state index in [4.69, 9.17) is 4.74 Å². The maximum atomic E-state index is 11.8. The van der Waals surface area contributed by atoms with E-state index in [0.29, 0.717) is 18.3 Å². The van der Waals surface area contributed by atoms with E-state index < -0.39 is 0 Å². The van der Waals surface area contributed by atoms with Crippen molar-refractivity contribution in [3.8, 4) is 0 Å². The lowest BCUT2D eigenvalue weighted by atomic mass is 10.1. The van der Waals surface area contributed by atoms with Gasteiger partial charge in [0, 0.05) is 10.9 Å². The summed E-state index contributed by atoms with van der Waals surface area (Å²) in [5.41, 5.74) is 0.449. The van der Waals surface area contributed by atoms with Crippen LogP contribution in [0.4, 0.5) is 5.13 Å². The summed E-state index contributed by atoms with van der Waals surface area (Å²) in [5, 5.41) is 4.31. The van der Waals surface area contributed by atoms with Crippen LogP contribution in [0.15, 0.2) is 0 Å². The molecule has 1 atom stereocenters. The summed E-state index contributed by atoms with van der Waals surface area (Å²) in [5.74, 6) is -0.324. The van der Waals surface area contributed by atoms with E-state index >= 15 is 0 Å². The predicted octanol–water partition coefficient (Wildman–Crippen LogP) is 4.40. The van der Waals surface area contributed by atoms with Crippen LogP contribution in [0.1, 0.15) is 68.2 Å². The van der Waals surface area contributed by atoms with E-state index in [1.807, 2.05) is 6.92 Å². The Balaban J connectivity index is 2.70. The summed E-state index contributed by atoms with van der Waals surface area (Å²) in [6.45, 7) is 8.50. The number of aromatic nitrogens is 1. The zero-order valence-corrected chi connectivity index (χ0v) is 13.8. The van der Waals surface area contributed by atoms with Crippen LogP contribution < -0.4 is 5.32 Å². The molecule has 0 aliphatic heterocycles. The maximum absolute atomic E-state index is 11.8. The molecule has 1 aromatic heterocycles. The molecule has 0 aromatic carbocycles. The van der Waals surface area contributed by atoms with E-state index in [-0.39, 0.29) is 5.97 Å². The molecule has 114 valence electrons. The van der Waals surface area contributed by atoms with Gasteiger partial charge in [-0.05, 0) is 26.7 Å². The number of hydrogen-bond acceptors (Lipinski definition) is 5. The van der Waals surface area contributed by atoms with Crippen molar-refractivity contribution in [3.05, 3.63) is 10.6 Å². The Hall–Kier alpha value is -1.10. The number of unbranched alkanes of at least 4 members (excludes halogenated alkanes) is 1. The number of aryl methyl sites for hydroxylation is 1. The number of carbonyl (C=O) groups is 1. The molecular formula is C15H26N2O2S. The third-order valence-electron chi connectivity index (χ3n) is 3.14. The van der Waals surface area contributed by atoms with Crippen LogP contribution in [0.5, 0.6) is 0 Å². The third kappa shape index (κ3) is 5.12. The van der Waals surface area contributed by atoms with Gasteiger partial charge in [-0.3, -0.25) is 0 Å². The minimum Gasteiger partial charge on any atom is -0.461 e. The standard InChI is InChI=1S/C15H26N2O2S/c1-5-8-10-12(9-6-2)16-15-17-13(11(4)20-15)14(18)19-7-3/h12H,5-10H2,1-4H3,(H,16,17). The Morgan fingerprint density at radius 2 is 2.05 bits per heavy atom. The Bertz CT molecular complexity index is 418. The molecule has 1 heterocycles. The van der Waals surface area contributed by atoms with Crippen LogP contribution in [0, 0.1) is 6.92 Å². The lowest BCUT2D eigenvalue weighted by Gasteiger charge is -2.16. The topological polar surface area (TPSA) is 51.2 Å². The molecule has 0 spiro atoms. The van der Waals surface area contributed by atoms with Crippen molar-refractivity contribution in [1.29, 1.82) is 0 Å². The zero-order valence-electron chi connectivity index (χ0n) is 13.0. The van der Waals surface area contributed by atoms with Crippen LogP contribution in [0.3, 0.4) is 0 Å². The maximum Gasteiger partial charge on any atom is 0.358 e. The van der Waals surface area contributed by atoms with Crippen LogP contribution in [-0.4, -0.2) is 23.6 Å². The van der Waals surface area contributed by atoms with Crippen LogP contribution in [-0.2, 0) is 4.74 Å². The van der Waals surface area contributed by atoms with Gasteiger partial charge >= 0.3 is 5.97 Å². The first kappa shape index (κ1) is 17.0. The number of nitrogens with zero attached hydrogens (tertiary/aromatic N) is 1. The van der Waals surface area contributed by atoms with E-state index in [9.17, 15) is 4.79 Å². The minimum atomic E-state index is -0.324. The Morgan fingerprint density at radius 1 is 1.30 bits per heavy atom. The van der Waals surface area contributed by atoms with Gasteiger partial charge in [-0.1, -0.05) is 33.1 Å². The van der Waals surface area contributed by atoms with Crippen molar-refractivity contribution in [1.82, 2.24) is 4.98 Å². The van der Waals surface area contributed by atoms with Gasteiger partial charge in [0.2, 0.25) is 0 Å². The van der Waals surface area contributed by atoms with Crippen molar-refractivity contribution in [3.63, 3.8) is 0 Å². The summed E-state index contributed by atoms with van der Waals surface area (Å²) in [6.07, 6.45) is 5.85. The lowest BCUT2D eigenvalue weighted by Crippen LogP contribution is -2.19. The molecular weight excluding hydrogens is 272 g/mol.